The summed E-state index contributed by atoms with van der Waals surface area (Å²) in [7, 11) is 0. The van der Waals surface area contributed by atoms with E-state index >= 15 is 4.39 Å². The van der Waals surface area contributed by atoms with E-state index in [1.54, 1.807) is 25.2 Å². The highest BCUT2D eigenvalue weighted by Crippen LogP contribution is 2.62. The van der Waals surface area contributed by atoms with Crippen LogP contribution in [0.4, 0.5) is 4.39 Å². The number of aliphatic hydroxyl groups is 2. The molecule has 0 aromatic carbocycles. The molecule has 0 unspecified atom stereocenters. The molecule has 12 heteroatoms. The molecule has 0 bridgehead atoms. The second-order valence-electron chi connectivity index (χ2n) is 12.2. The number of amides is 3. The Morgan fingerprint density at radius 1 is 1.19 bits per heavy atom. The second-order valence-corrected chi connectivity index (χ2v) is 12.2. The number of rotatable bonds is 11. The second kappa shape index (κ2) is 12.2. The monoisotopic (exact) mass is 588 g/mol. The molecule has 5 N–H and O–H groups in total. The van der Waals surface area contributed by atoms with Crippen molar-refractivity contribution in [1.29, 1.82) is 0 Å². The number of aliphatic hydroxyl groups excluding tert-OH is 2. The van der Waals surface area contributed by atoms with Crippen LogP contribution in [0.2, 0.25) is 0 Å². The number of fused-ring (bicyclic) bond motifs is 3. The summed E-state index contributed by atoms with van der Waals surface area (Å²) in [5.41, 5.74) is -0.206. The Kier molecular flexibility index (Phi) is 9.19. The van der Waals surface area contributed by atoms with Gasteiger partial charge in [-0.1, -0.05) is 25.2 Å². The lowest BCUT2D eigenvalue weighted by atomic mass is 9.49. The van der Waals surface area contributed by atoms with Crippen LogP contribution < -0.4 is 16.1 Å². The first kappa shape index (κ1) is 31.7. The average Bonchev–Trinajstić information content (AvgIpc) is 3.78. The molecule has 0 aromatic heterocycles. The molecule has 4 rings (SSSR count). The van der Waals surface area contributed by atoms with E-state index in [9.17, 15) is 29.4 Å². The number of hydrogen-bond donors (Lipinski definition) is 5. The number of nitrogens with zero attached hydrogens (tertiary/aromatic N) is 1. The molecule has 3 amide bonds. The van der Waals surface area contributed by atoms with Crippen molar-refractivity contribution in [2.75, 3.05) is 26.3 Å². The van der Waals surface area contributed by atoms with Crippen LogP contribution in [0.15, 0.2) is 41.1 Å². The highest BCUT2D eigenvalue weighted by atomic mass is 19.1. The zero-order valence-corrected chi connectivity index (χ0v) is 24.4. The number of hydrazone groups is 1. The third-order valence-corrected chi connectivity index (χ3v) is 9.58. The number of ketones is 1. The van der Waals surface area contributed by atoms with Gasteiger partial charge < -0.3 is 25.6 Å². The molecule has 0 spiro atoms. The predicted molar refractivity (Wildman–Crippen MR) is 152 cm³/mol. The van der Waals surface area contributed by atoms with Crippen molar-refractivity contribution in [3.05, 3.63) is 36.0 Å². The number of alkyl halides is 1. The fourth-order valence-electron chi connectivity index (χ4n) is 6.95. The van der Waals surface area contributed by atoms with Gasteiger partial charge in [-0.3, -0.25) is 19.2 Å². The zero-order valence-electron chi connectivity index (χ0n) is 24.4. The Labute approximate surface area is 244 Å². The van der Waals surface area contributed by atoms with Crippen LogP contribution in [0.25, 0.3) is 0 Å². The van der Waals surface area contributed by atoms with Gasteiger partial charge in [0.25, 0.3) is 5.91 Å². The minimum Gasteiger partial charge on any atom is -0.390 e. The van der Waals surface area contributed by atoms with Gasteiger partial charge in [0.1, 0.15) is 6.61 Å². The number of allylic oxidation sites excluding steroid dienone is 4. The van der Waals surface area contributed by atoms with Crippen molar-refractivity contribution in [3.8, 4) is 0 Å². The lowest BCUT2D eigenvalue weighted by molar-refractivity contribution is -0.162. The normalized spacial score (nSPS) is 34.8. The van der Waals surface area contributed by atoms with Crippen LogP contribution in [0.5, 0.6) is 0 Å². The minimum absolute atomic E-state index is 0.0635. The fourth-order valence-corrected chi connectivity index (χ4v) is 6.95. The van der Waals surface area contributed by atoms with Crippen molar-refractivity contribution >= 4 is 29.2 Å². The van der Waals surface area contributed by atoms with Gasteiger partial charge in [-0.15, -0.1) is 0 Å². The fraction of sp³-hybridized carbons (Fsp3) is 0.633. The molecule has 3 aliphatic carbocycles. The van der Waals surface area contributed by atoms with Crippen LogP contribution >= 0.6 is 0 Å². The van der Waals surface area contributed by atoms with Gasteiger partial charge in [0.05, 0.1) is 31.5 Å². The molecule has 0 radical (unpaired) electrons. The van der Waals surface area contributed by atoms with Gasteiger partial charge in [0.15, 0.2) is 17.1 Å². The Morgan fingerprint density at radius 3 is 2.52 bits per heavy atom. The smallest absolute Gasteiger partial charge is 0.259 e. The van der Waals surface area contributed by atoms with Gasteiger partial charge in [0, 0.05) is 11.0 Å². The van der Waals surface area contributed by atoms with Crippen molar-refractivity contribution in [1.82, 2.24) is 16.1 Å². The third-order valence-electron chi connectivity index (χ3n) is 9.58. The molecule has 2 saturated carbocycles. The summed E-state index contributed by atoms with van der Waals surface area (Å²) in [6.07, 6.45) is 6.47. The topological polar surface area (TPSA) is 170 Å². The third kappa shape index (κ3) is 5.84. The van der Waals surface area contributed by atoms with E-state index in [0.717, 1.165) is 5.57 Å². The molecule has 3 fully saturated rings. The van der Waals surface area contributed by atoms with E-state index in [4.69, 9.17) is 4.74 Å². The average molecular weight is 589 g/mol. The van der Waals surface area contributed by atoms with Crippen LogP contribution in [-0.2, 0) is 23.9 Å². The van der Waals surface area contributed by atoms with Gasteiger partial charge in [0.2, 0.25) is 11.8 Å². The molecule has 1 saturated heterocycles. The Bertz CT molecular complexity index is 1240. The summed E-state index contributed by atoms with van der Waals surface area (Å²) in [6.45, 7) is 7.71. The SMILES string of the molecule is C=C(C)C(=O)NCC(=O)NCC(=O)N/N=C1\C=C[C@@]2(C)C(=C1)CC[C@H]1[C@H](C[C@@H](C)[C@]3(C(=O)CO)CO3)CC[C@H](O)[C@@]12F. The maximum atomic E-state index is 17.3. The Morgan fingerprint density at radius 2 is 1.88 bits per heavy atom. The van der Waals surface area contributed by atoms with E-state index in [0.29, 0.717) is 37.8 Å². The predicted octanol–water partition coefficient (Wildman–Crippen LogP) is 1.02. The van der Waals surface area contributed by atoms with E-state index in [1.165, 1.54) is 6.92 Å². The lowest BCUT2D eigenvalue weighted by Crippen LogP contribution is -2.63. The molecular formula is C30H41FN4O7. The molecule has 0 aromatic rings. The van der Waals surface area contributed by atoms with Gasteiger partial charge in [-0.25, -0.2) is 9.82 Å². The van der Waals surface area contributed by atoms with Crippen molar-refractivity contribution in [2.45, 2.75) is 70.2 Å². The molecular weight excluding hydrogens is 547 g/mol. The van der Waals surface area contributed by atoms with E-state index in [1.807, 2.05) is 6.92 Å². The first-order chi connectivity index (χ1) is 19.8. The minimum atomic E-state index is -1.94. The Balaban J connectivity index is 1.39. The number of ether oxygens (including phenoxy) is 1. The number of carbonyl (C=O) groups excluding carboxylic acids is 4. The summed E-state index contributed by atoms with van der Waals surface area (Å²) in [6, 6.07) is 0. The molecule has 7 atom stereocenters. The van der Waals surface area contributed by atoms with Gasteiger partial charge in [-0.2, -0.15) is 5.10 Å². The summed E-state index contributed by atoms with van der Waals surface area (Å²) >= 11 is 0. The lowest BCUT2D eigenvalue weighted by Gasteiger charge is -2.58. The number of Topliss-reactive ketones (excluding diaryl/α,β-unsaturated/α-hetero) is 1. The van der Waals surface area contributed by atoms with Crippen molar-refractivity contribution < 1.29 is 38.5 Å². The standard InChI is InChI=1S/C30H41FN4O7/c1-17(2)27(41)33-13-25(39)32-14-26(40)35-34-21-9-10-28(4)20(12-21)6-7-22-19(5-8-23(37)30(22,28)31)11-18(3)29(16-42-29)24(38)15-36/h9-10,12,18-19,22-23,36-37H,1,5-8,11,13-16H2,2-4H3,(H,32,39)(H,33,41)(H,35,40)/b34-21+/t18-,19+,22+,23+,28+,29+,30+/m1/s1. The number of hydrogen-bond acceptors (Lipinski definition) is 8. The summed E-state index contributed by atoms with van der Waals surface area (Å²) in [5, 5.41) is 29.3. The largest absolute Gasteiger partial charge is 0.390 e. The van der Waals surface area contributed by atoms with E-state index in [-0.39, 0.29) is 42.9 Å². The summed E-state index contributed by atoms with van der Waals surface area (Å²) in [5.74, 6) is -2.62. The van der Waals surface area contributed by atoms with E-state index < -0.39 is 53.0 Å². The number of nitrogens with one attached hydrogen (secondary N) is 3. The first-order valence-electron chi connectivity index (χ1n) is 14.4. The van der Waals surface area contributed by atoms with Crippen LogP contribution in [-0.4, -0.2) is 83.1 Å². The number of halogens is 1. The van der Waals surface area contributed by atoms with Gasteiger partial charge in [-0.05, 0) is 75.9 Å². The molecule has 230 valence electrons. The number of carbonyl (C=O) groups is 4. The molecule has 1 aliphatic heterocycles. The zero-order chi connectivity index (χ0) is 30.9. The maximum absolute atomic E-state index is 17.3. The Hall–Kier alpha value is -3.22. The number of epoxide rings is 1. The van der Waals surface area contributed by atoms with Crippen LogP contribution in [0.3, 0.4) is 0 Å². The molecule has 42 heavy (non-hydrogen) atoms. The highest BCUT2D eigenvalue weighted by molar-refractivity contribution is 6.06. The summed E-state index contributed by atoms with van der Waals surface area (Å²) < 4.78 is 22.8. The van der Waals surface area contributed by atoms with Crippen LogP contribution in [0, 0.1) is 23.2 Å². The van der Waals surface area contributed by atoms with Crippen LogP contribution in [0.1, 0.15) is 52.9 Å². The first-order valence-corrected chi connectivity index (χ1v) is 14.4. The van der Waals surface area contributed by atoms with Crippen molar-refractivity contribution in [2.24, 2.45) is 28.3 Å². The van der Waals surface area contributed by atoms with Gasteiger partial charge >= 0.3 is 0 Å². The maximum Gasteiger partial charge on any atom is 0.259 e. The quantitative estimate of drug-likeness (QED) is 0.136. The highest BCUT2D eigenvalue weighted by Gasteiger charge is 2.65. The molecule has 4 aliphatic rings. The van der Waals surface area contributed by atoms with Crippen molar-refractivity contribution in [3.63, 3.8) is 0 Å². The molecule has 1 heterocycles. The van der Waals surface area contributed by atoms with E-state index in [2.05, 4.69) is 27.7 Å². The molecule has 11 nitrogen and oxygen atoms in total. The summed E-state index contributed by atoms with van der Waals surface area (Å²) in [4.78, 5) is 47.8.